The average molecular weight is 499 g/mol. The lowest BCUT2D eigenvalue weighted by molar-refractivity contribution is -0.124. The van der Waals surface area contributed by atoms with Crippen molar-refractivity contribution in [2.45, 2.75) is 25.9 Å². The zero-order valence-electron chi connectivity index (χ0n) is 20.5. The van der Waals surface area contributed by atoms with Gasteiger partial charge in [-0.25, -0.2) is 9.78 Å². The molecule has 37 heavy (non-hydrogen) atoms. The molecule has 0 fully saturated rings. The normalized spacial score (nSPS) is 14.5. The number of imidazole rings is 1. The molecule has 0 bridgehead atoms. The summed E-state index contributed by atoms with van der Waals surface area (Å²) in [6, 6.07) is 20.8. The van der Waals surface area contributed by atoms with Crippen molar-refractivity contribution in [1.29, 1.82) is 0 Å². The smallest absolute Gasteiger partial charge is 0.338 e. The van der Waals surface area contributed by atoms with Crippen LogP contribution in [0.3, 0.4) is 0 Å². The van der Waals surface area contributed by atoms with Crippen LogP contribution in [-0.2, 0) is 20.9 Å². The summed E-state index contributed by atoms with van der Waals surface area (Å²) in [5.74, 6) is 0.301. The molecule has 1 aliphatic rings. The molecule has 3 aromatic carbocycles. The van der Waals surface area contributed by atoms with Gasteiger partial charge in [0.1, 0.15) is 11.8 Å². The van der Waals surface area contributed by atoms with Crippen LogP contribution in [0.15, 0.2) is 72.8 Å². The summed E-state index contributed by atoms with van der Waals surface area (Å²) in [5, 5.41) is 2.83. The Hall–Kier alpha value is -4.66. The number of benzene rings is 3. The average Bonchev–Trinajstić information content (AvgIpc) is 3.40. The Labute approximate surface area is 213 Å². The van der Waals surface area contributed by atoms with Gasteiger partial charge >= 0.3 is 5.97 Å². The standard InChI is InChI=1S/C28H26N4O5/c1-3-37-27(35)19-10-12-20(13-11-19)29-25(33)16-24-26(34)31(17-18-8-14-21(36-2)15-9-18)28-30-22-6-4-5-7-23(22)32(24)28/h4-15,24H,3,16-17H2,1-2H3,(H,29,33)/t24-/m1/s1. The van der Waals surface area contributed by atoms with Gasteiger partial charge in [-0.3, -0.25) is 19.1 Å². The van der Waals surface area contributed by atoms with Gasteiger partial charge in [-0.05, 0) is 61.0 Å². The van der Waals surface area contributed by atoms with E-state index in [2.05, 4.69) is 5.32 Å². The van der Waals surface area contributed by atoms with Gasteiger partial charge in [0.05, 0.1) is 43.3 Å². The van der Waals surface area contributed by atoms with Crippen LogP contribution in [0.5, 0.6) is 5.75 Å². The highest BCUT2D eigenvalue weighted by atomic mass is 16.5. The largest absolute Gasteiger partial charge is 0.497 e. The van der Waals surface area contributed by atoms with Gasteiger partial charge < -0.3 is 14.8 Å². The zero-order valence-corrected chi connectivity index (χ0v) is 20.5. The van der Waals surface area contributed by atoms with E-state index in [4.69, 9.17) is 14.5 Å². The molecule has 2 heterocycles. The maximum Gasteiger partial charge on any atom is 0.338 e. The van der Waals surface area contributed by atoms with Gasteiger partial charge in [0.2, 0.25) is 11.9 Å². The monoisotopic (exact) mass is 498 g/mol. The van der Waals surface area contributed by atoms with Crippen LogP contribution in [0.2, 0.25) is 0 Å². The Balaban J connectivity index is 1.37. The third-order valence-corrected chi connectivity index (χ3v) is 6.24. The molecule has 0 spiro atoms. The minimum absolute atomic E-state index is 0.0646. The van der Waals surface area contributed by atoms with Gasteiger partial charge in [0, 0.05) is 5.69 Å². The number of rotatable bonds is 8. The molecule has 1 atom stereocenters. The zero-order chi connectivity index (χ0) is 25.9. The lowest BCUT2D eigenvalue weighted by Crippen LogP contribution is -2.31. The van der Waals surface area contributed by atoms with Crippen molar-refractivity contribution >= 4 is 40.5 Å². The van der Waals surface area contributed by atoms with Crippen LogP contribution < -0.4 is 15.0 Å². The van der Waals surface area contributed by atoms with Crippen LogP contribution in [0.1, 0.15) is 35.3 Å². The molecular weight excluding hydrogens is 472 g/mol. The fraction of sp³-hybridized carbons (Fsp3) is 0.214. The van der Waals surface area contributed by atoms with Crippen LogP contribution in [0, 0.1) is 0 Å². The summed E-state index contributed by atoms with van der Waals surface area (Å²) in [5.41, 5.74) is 3.38. The number of nitrogens with one attached hydrogen (secondary N) is 1. The molecule has 1 aromatic heterocycles. The minimum Gasteiger partial charge on any atom is -0.497 e. The predicted octanol–water partition coefficient (Wildman–Crippen LogP) is 4.34. The number of esters is 1. The Morgan fingerprint density at radius 3 is 2.43 bits per heavy atom. The summed E-state index contributed by atoms with van der Waals surface area (Å²) in [4.78, 5) is 44.8. The number of carbonyl (C=O) groups is 3. The Kier molecular flexibility index (Phi) is 6.59. The number of aromatic nitrogens is 2. The fourth-order valence-electron chi connectivity index (χ4n) is 4.45. The van der Waals surface area contributed by atoms with Crippen molar-refractivity contribution in [2.24, 2.45) is 0 Å². The Morgan fingerprint density at radius 1 is 1.00 bits per heavy atom. The molecule has 5 rings (SSSR count). The first-order chi connectivity index (χ1) is 18.0. The molecule has 4 aromatic rings. The van der Waals surface area contributed by atoms with E-state index in [1.807, 2.05) is 53.1 Å². The van der Waals surface area contributed by atoms with Crippen molar-refractivity contribution in [1.82, 2.24) is 9.55 Å². The number of hydrogen-bond donors (Lipinski definition) is 1. The van der Waals surface area contributed by atoms with Crippen molar-refractivity contribution in [3.05, 3.63) is 83.9 Å². The number of ether oxygens (including phenoxy) is 2. The van der Waals surface area contributed by atoms with Crippen molar-refractivity contribution < 1.29 is 23.9 Å². The summed E-state index contributed by atoms with van der Waals surface area (Å²) in [6.45, 7) is 2.34. The van der Waals surface area contributed by atoms with Crippen molar-refractivity contribution in [3.8, 4) is 5.75 Å². The number of hydrogen-bond acceptors (Lipinski definition) is 6. The van der Waals surface area contributed by atoms with E-state index in [9.17, 15) is 14.4 Å². The number of para-hydroxylation sites is 2. The highest BCUT2D eigenvalue weighted by Crippen LogP contribution is 2.37. The van der Waals surface area contributed by atoms with Crippen molar-refractivity contribution in [3.63, 3.8) is 0 Å². The first-order valence-corrected chi connectivity index (χ1v) is 12.0. The second-order valence-electron chi connectivity index (χ2n) is 8.61. The first kappa shape index (κ1) is 24.1. The third kappa shape index (κ3) is 4.75. The van der Waals surface area contributed by atoms with Crippen LogP contribution in [0.25, 0.3) is 11.0 Å². The minimum atomic E-state index is -0.737. The van der Waals surface area contributed by atoms with Crippen LogP contribution >= 0.6 is 0 Å². The summed E-state index contributed by atoms with van der Waals surface area (Å²) >= 11 is 0. The molecular formula is C28H26N4O5. The lowest BCUT2D eigenvalue weighted by Gasteiger charge is -2.16. The second kappa shape index (κ2) is 10.1. The predicted molar refractivity (Wildman–Crippen MR) is 139 cm³/mol. The molecule has 9 heteroatoms. The van der Waals surface area contributed by atoms with Crippen LogP contribution in [-0.4, -0.2) is 41.1 Å². The van der Waals surface area contributed by atoms with E-state index in [-0.39, 0.29) is 24.8 Å². The highest BCUT2D eigenvalue weighted by Gasteiger charge is 2.40. The molecule has 0 aliphatic carbocycles. The number of amides is 2. The number of methoxy groups -OCH3 is 1. The maximum absolute atomic E-state index is 13.6. The lowest BCUT2D eigenvalue weighted by atomic mass is 10.1. The van der Waals surface area contributed by atoms with E-state index in [0.717, 1.165) is 22.3 Å². The van der Waals surface area contributed by atoms with E-state index in [1.165, 1.54) is 0 Å². The third-order valence-electron chi connectivity index (χ3n) is 6.24. The molecule has 9 nitrogen and oxygen atoms in total. The van der Waals surface area contributed by atoms with E-state index in [1.54, 1.807) is 43.2 Å². The molecule has 0 saturated carbocycles. The van der Waals surface area contributed by atoms with E-state index >= 15 is 0 Å². The van der Waals surface area contributed by atoms with Crippen molar-refractivity contribution in [2.75, 3.05) is 23.9 Å². The number of nitrogens with zero attached hydrogens (tertiary/aromatic N) is 3. The van der Waals surface area contributed by atoms with Gasteiger partial charge in [-0.15, -0.1) is 0 Å². The molecule has 0 saturated heterocycles. The number of fused-ring (bicyclic) bond motifs is 3. The second-order valence-corrected chi connectivity index (χ2v) is 8.61. The van der Waals surface area contributed by atoms with Gasteiger partial charge in [0.25, 0.3) is 5.91 Å². The van der Waals surface area contributed by atoms with Crippen LogP contribution in [0.4, 0.5) is 11.6 Å². The van der Waals surface area contributed by atoms with E-state index < -0.39 is 12.0 Å². The molecule has 0 radical (unpaired) electrons. The molecule has 2 amide bonds. The first-order valence-electron chi connectivity index (χ1n) is 12.0. The maximum atomic E-state index is 13.6. The summed E-state index contributed by atoms with van der Waals surface area (Å²) in [6.07, 6.45) is -0.0646. The van der Waals surface area contributed by atoms with E-state index in [0.29, 0.717) is 23.7 Å². The Morgan fingerprint density at radius 2 is 1.73 bits per heavy atom. The SMILES string of the molecule is CCOC(=O)c1ccc(NC(=O)C[C@@H]2C(=O)N(Cc3ccc(OC)cc3)c3nc4ccccc4n32)cc1. The van der Waals surface area contributed by atoms with Gasteiger partial charge in [-0.1, -0.05) is 24.3 Å². The summed E-state index contributed by atoms with van der Waals surface area (Å²) < 4.78 is 12.1. The number of anilines is 2. The molecule has 1 aliphatic heterocycles. The number of carbonyl (C=O) groups excluding carboxylic acids is 3. The Bertz CT molecular complexity index is 1460. The molecule has 0 unspecified atom stereocenters. The van der Waals surface area contributed by atoms with Gasteiger partial charge in [-0.2, -0.15) is 0 Å². The quantitative estimate of drug-likeness (QED) is 0.363. The van der Waals surface area contributed by atoms with Gasteiger partial charge in [0.15, 0.2) is 0 Å². The topological polar surface area (TPSA) is 103 Å². The highest BCUT2D eigenvalue weighted by molar-refractivity contribution is 6.05. The molecule has 1 N–H and O–H groups in total. The molecule has 188 valence electrons. The fourth-order valence-corrected chi connectivity index (χ4v) is 4.45. The summed E-state index contributed by atoms with van der Waals surface area (Å²) in [7, 11) is 1.60.